The topological polar surface area (TPSA) is 331 Å². The van der Waals surface area contributed by atoms with Gasteiger partial charge in [-0.05, 0) is 63.3 Å². The molecule has 1 aliphatic heterocycles. The van der Waals surface area contributed by atoms with Crippen molar-refractivity contribution in [1.29, 1.82) is 0 Å². The second-order valence-corrected chi connectivity index (χ2v) is 19.8. The highest BCUT2D eigenvalue weighted by Crippen LogP contribution is 2.18. The lowest BCUT2D eigenvalue weighted by Crippen LogP contribution is -2.55. The monoisotopic (exact) mass is 1170 g/mol. The van der Waals surface area contributed by atoms with Crippen LogP contribution in [0.3, 0.4) is 0 Å². The zero-order chi connectivity index (χ0) is 60.2. The van der Waals surface area contributed by atoms with Gasteiger partial charge in [0.1, 0.15) is 31.5 Å². The van der Waals surface area contributed by atoms with Crippen molar-refractivity contribution in [2.75, 3.05) is 177 Å². The van der Waals surface area contributed by atoms with Gasteiger partial charge in [0.05, 0.1) is 144 Å². The second-order valence-electron chi connectivity index (χ2n) is 19.8. The van der Waals surface area contributed by atoms with E-state index in [0.717, 1.165) is 11.0 Å². The number of nitrogens with two attached hydrogens (primary N) is 1. The Bertz CT molecular complexity index is 1980. The number of aliphatic hydroxyl groups excluding tert-OH is 1. The first-order valence-electron chi connectivity index (χ1n) is 27.8. The smallest absolute Gasteiger partial charge is 0.312 e. The van der Waals surface area contributed by atoms with Crippen LogP contribution in [0.15, 0.2) is 36.4 Å². The predicted molar refractivity (Wildman–Crippen MR) is 298 cm³/mol. The number of nitrogens with one attached hydrogen (secondary N) is 4. The van der Waals surface area contributed by atoms with Crippen LogP contribution >= 0.6 is 0 Å². The number of nitrogens with zero attached hydrogens (tertiary/aromatic N) is 2. The number of primary amides is 1. The zero-order valence-corrected chi connectivity index (χ0v) is 49.0. The van der Waals surface area contributed by atoms with E-state index in [2.05, 4.69) is 21.3 Å². The Balaban J connectivity index is 1.69. The van der Waals surface area contributed by atoms with Crippen LogP contribution in [-0.2, 0) is 92.2 Å². The molecule has 0 spiro atoms. The van der Waals surface area contributed by atoms with Gasteiger partial charge in [0.2, 0.25) is 29.5 Å². The van der Waals surface area contributed by atoms with Gasteiger partial charge in [-0.15, -0.1) is 0 Å². The van der Waals surface area contributed by atoms with Crippen LogP contribution in [0.5, 0.6) is 0 Å². The van der Waals surface area contributed by atoms with Crippen LogP contribution in [0.1, 0.15) is 59.4 Å². The third kappa shape index (κ3) is 35.5. The zero-order valence-electron chi connectivity index (χ0n) is 49.0. The molecule has 0 saturated heterocycles. The van der Waals surface area contributed by atoms with E-state index in [1.165, 1.54) is 11.0 Å². The molecule has 2 rings (SSSR count). The Morgan fingerprint density at radius 1 is 0.659 bits per heavy atom. The molecule has 1 unspecified atom stereocenters. The third-order valence-corrected chi connectivity index (χ3v) is 11.6. The first-order chi connectivity index (χ1) is 39.4. The number of methoxy groups -OCH3 is 1. The van der Waals surface area contributed by atoms with Crippen molar-refractivity contribution in [3.05, 3.63) is 42.0 Å². The van der Waals surface area contributed by atoms with E-state index >= 15 is 0 Å². The van der Waals surface area contributed by atoms with Crippen LogP contribution in [0, 0.1) is 11.3 Å². The molecule has 0 saturated carbocycles. The van der Waals surface area contributed by atoms with E-state index in [1.54, 1.807) is 66.0 Å². The summed E-state index contributed by atoms with van der Waals surface area (Å²) in [5.41, 5.74) is 5.64. The van der Waals surface area contributed by atoms with Gasteiger partial charge in [-0.25, -0.2) is 4.79 Å². The molecule has 1 heterocycles. The van der Waals surface area contributed by atoms with Crippen molar-refractivity contribution in [2.45, 2.75) is 78.8 Å². The van der Waals surface area contributed by atoms with E-state index in [-0.39, 0.29) is 71.3 Å². The first-order valence-corrected chi connectivity index (χ1v) is 27.8. The number of amides is 7. The van der Waals surface area contributed by atoms with E-state index in [9.17, 15) is 38.7 Å². The summed E-state index contributed by atoms with van der Waals surface area (Å²) in [4.78, 5) is 92.5. The second kappa shape index (κ2) is 45.1. The van der Waals surface area contributed by atoms with Crippen LogP contribution in [0.4, 0.5) is 10.5 Å². The summed E-state index contributed by atoms with van der Waals surface area (Å²) in [5, 5.41) is 20.9. The SMILES string of the molecule is COCCOCCOCCOCCOCCOCCOCCOCCOCCOCCOCCN(CCC(=O)N[C@H](C(=O)N[C@@H](CCCNC(N)=O)C(=O)Nc1ccc(COC(=O)C(C)(C)C)cc1)C(C)C)C(=O)CN1C(=O)C=CC1O. The predicted octanol–water partition coefficient (Wildman–Crippen LogP) is 0.536. The van der Waals surface area contributed by atoms with Gasteiger partial charge in [0.25, 0.3) is 0 Å². The van der Waals surface area contributed by atoms with E-state index < -0.39 is 71.8 Å². The number of urea groups is 1. The fourth-order valence-corrected chi connectivity index (χ4v) is 7.02. The molecule has 27 nitrogen and oxygen atoms in total. The van der Waals surface area contributed by atoms with Crippen LogP contribution in [0.25, 0.3) is 0 Å². The van der Waals surface area contributed by atoms with Crippen molar-refractivity contribution in [3.8, 4) is 0 Å². The highest BCUT2D eigenvalue weighted by molar-refractivity contribution is 5.98. The van der Waals surface area contributed by atoms with Gasteiger partial charge in [-0.3, -0.25) is 28.8 Å². The highest BCUT2D eigenvalue weighted by atomic mass is 16.6. The van der Waals surface area contributed by atoms with E-state index in [4.69, 9.17) is 62.6 Å². The summed E-state index contributed by atoms with van der Waals surface area (Å²) >= 11 is 0. The quantitative estimate of drug-likeness (QED) is 0.0383. The molecule has 0 aromatic heterocycles. The largest absolute Gasteiger partial charge is 0.460 e. The molecule has 3 atom stereocenters. The first kappa shape index (κ1) is 72.7. The van der Waals surface area contributed by atoms with Crippen molar-refractivity contribution in [2.24, 2.45) is 17.1 Å². The standard InChI is InChI=1S/C55H93N7O20/c1-42(2)50(52(68)59-45(8-7-16-57-54(56)70)51(67)58-44-11-9-43(10-12-44)41-82-53(69)55(3,4)5)60-46(63)15-17-61(49(66)40-62-47(64)13-14-48(62)65)18-19-72-22-23-74-26-27-76-30-31-78-34-35-80-38-39-81-37-36-79-33-32-77-29-28-75-25-24-73-21-20-71-6/h9-14,42,45,47,50,64H,7-8,15-41H2,1-6H3,(H,58,67)(H,59,68)(H,60,63)(H3,56,57,70)/t45-,47?,50-/m0/s1. The summed E-state index contributed by atoms with van der Waals surface area (Å²) in [7, 11) is 1.63. The number of hydrogen-bond donors (Lipinski definition) is 6. The summed E-state index contributed by atoms with van der Waals surface area (Å²) in [6, 6.07) is 3.67. The van der Waals surface area contributed by atoms with Crippen LogP contribution in [0.2, 0.25) is 0 Å². The number of anilines is 1. The molecule has 7 amide bonds. The molecule has 0 bridgehead atoms. The molecular weight excluding hydrogens is 1080 g/mol. The fraction of sp³-hybridized carbons (Fsp3) is 0.727. The number of esters is 1. The Hall–Kier alpha value is -5.43. The number of carbonyl (C=O) groups is 7. The normalized spacial score (nSPS) is 14.0. The molecule has 0 fully saturated rings. The van der Waals surface area contributed by atoms with Gasteiger partial charge in [0, 0.05) is 44.9 Å². The molecule has 7 N–H and O–H groups in total. The fourth-order valence-electron chi connectivity index (χ4n) is 7.02. The molecule has 27 heteroatoms. The van der Waals surface area contributed by atoms with Gasteiger partial charge >= 0.3 is 12.0 Å². The Morgan fingerprint density at radius 3 is 1.54 bits per heavy atom. The molecule has 1 aromatic carbocycles. The summed E-state index contributed by atoms with van der Waals surface area (Å²) < 4.78 is 65.3. The number of benzene rings is 1. The minimum Gasteiger partial charge on any atom is -0.460 e. The Morgan fingerprint density at radius 2 is 1.12 bits per heavy atom. The lowest BCUT2D eigenvalue weighted by molar-refractivity contribution is -0.154. The number of rotatable bonds is 50. The molecule has 82 heavy (non-hydrogen) atoms. The summed E-state index contributed by atoms with van der Waals surface area (Å²) in [5.74, 6) is -3.70. The highest BCUT2D eigenvalue weighted by Gasteiger charge is 2.31. The molecular formula is C55H93N7O20. The average Bonchev–Trinajstić information content (AvgIpc) is 3.80. The van der Waals surface area contributed by atoms with Crippen LogP contribution < -0.4 is 27.0 Å². The minimum absolute atomic E-state index is 0.0289. The van der Waals surface area contributed by atoms with E-state index in [1.807, 2.05) is 0 Å². The van der Waals surface area contributed by atoms with Gasteiger partial charge < -0.3 is 98.7 Å². The number of hydrogen-bond acceptors (Lipinski definition) is 20. The minimum atomic E-state index is -1.29. The van der Waals surface area contributed by atoms with Crippen molar-refractivity contribution in [1.82, 2.24) is 25.8 Å². The van der Waals surface area contributed by atoms with Crippen LogP contribution in [-0.4, -0.2) is 247 Å². The maximum Gasteiger partial charge on any atom is 0.312 e. The van der Waals surface area contributed by atoms with Crippen molar-refractivity contribution >= 4 is 47.2 Å². The molecule has 0 radical (unpaired) electrons. The number of ether oxygens (including phenoxy) is 12. The van der Waals surface area contributed by atoms with Gasteiger partial charge in [0.15, 0.2) is 0 Å². The van der Waals surface area contributed by atoms with Gasteiger partial charge in [-0.2, -0.15) is 0 Å². The molecule has 1 aromatic rings. The number of aliphatic hydroxyl groups is 1. The lowest BCUT2D eigenvalue weighted by Gasteiger charge is -2.28. The summed E-state index contributed by atoms with van der Waals surface area (Å²) in [6.45, 7) is 16.8. The van der Waals surface area contributed by atoms with E-state index in [0.29, 0.717) is 130 Å². The maximum atomic E-state index is 13.8. The molecule has 1 aliphatic rings. The van der Waals surface area contributed by atoms with Gasteiger partial charge in [-0.1, -0.05) is 26.0 Å². The average molecular weight is 1170 g/mol. The molecule has 0 aliphatic carbocycles. The Labute approximate surface area is 482 Å². The third-order valence-electron chi connectivity index (χ3n) is 11.6. The summed E-state index contributed by atoms with van der Waals surface area (Å²) in [6.07, 6.45) is 1.25. The van der Waals surface area contributed by atoms with Crippen molar-refractivity contribution in [3.63, 3.8) is 0 Å². The lowest BCUT2D eigenvalue weighted by atomic mass is 9.97. The van der Waals surface area contributed by atoms with Crippen molar-refractivity contribution < 1.29 is 95.5 Å². The molecule has 468 valence electrons. The number of carbonyl (C=O) groups excluding carboxylic acids is 7. The Kier molecular flexibility index (Phi) is 39.9. The maximum absolute atomic E-state index is 13.8.